The Morgan fingerprint density at radius 3 is 2.29 bits per heavy atom. The molecular weight excluding hydrogens is 374 g/mol. The maximum atomic E-state index is 13.3. The largest absolute Gasteiger partial charge is 0.362 e. The van der Waals surface area contributed by atoms with Crippen molar-refractivity contribution in [3.8, 4) is 0 Å². The summed E-state index contributed by atoms with van der Waals surface area (Å²) in [5, 5.41) is 7.33. The standard InChI is InChI=1S/C22H22ClN3O2/c23-16-7-5-15(6-8-16)21(9-10-21)20(28)26-13-11-22(12-14-26)24-18-4-2-1-3-17(18)19(27)25-22/h1-8,24H,9-14H2,(H,25,27). The summed E-state index contributed by atoms with van der Waals surface area (Å²) in [6.45, 7) is 1.26. The predicted octanol–water partition coefficient (Wildman–Crippen LogP) is 3.55. The van der Waals surface area contributed by atoms with Crippen LogP contribution in [0.3, 0.4) is 0 Å². The number of halogens is 1. The lowest BCUT2D eigenvalue weighted by Gasteiger charge is -2.46. The first-order chi connectivity index (χ1) is 13.5. The number of para-hydroxylation sites is 1. The second-order valence-electron chi connectivity index (χ2n) is 8.09. The molecule has 5 rings (SSSR count). The van der Waals surface area contributed by atoms with Gasteiger partial charge in [0.1, 0.15) is 5.66 Å². The van der Waals surface area contributed by atoms with Crippen LogP contribution in [0.4, 0.5) is 5.69 Å². The fourth-order valence-corrected chi connectivity index (χ4v) is 4.65. The Kier molecular flexibility index (Phi) is 3.91. The summed E-state index contributed by atoms with van der Waals surface area (Å²) in [4.78, 5) is 27.8. The highest BCUT2D eigenvalue weighted by atomic mass is 35.5. The topological polar surface area (TPSA) is 61.4 Å². The molecule has 3 aliphatic rings. The van der Waals surface area contributed by atoms with Crippen LogP contribution in [0.15, 0.2) is 48.5 Å². The maximum absolute atomic E-state index is 13.3. The lowest BCUT2D eigenvalue weighted by molar-refractivity contribution is -0.135. The second-order valence-corrected chi connectivity index (χ2v) is 8.52. The first kappa shape index (κ1) is 17.6. The zero-order valence-electron chi connectivity index (χ0n) is 15.5. The van der Waals surface area contributed by atoms with Crippen LogP contribution in [0, 0.1) is 0 Å². The van der Waals surface area contributed by atoms with Crippen molar-refractivity contribution in [3.63, 3.8) is 0 Å². The lowest BCUT2D eigenvalue weighted by Crippen LogP contribution is -2.63. The van der Waals surface area contributed by atoms with Crippen LogP contribution in [0.2, 0.25) is 5.02 Å². The normalized spacial score (nSPS) is 21.5. The monoisotopic (exact) mass is 395 g/mol. The van der Waals surface area contributed by atoms with Crippen molar-refractivity contribution in [2.24, 2.45) is 0 Å². The van der Waals surface area contributed by atoms with Gasteiger partial charge in [0.2, 0.25) is 5.91 Å². The van der Waals surface area contributed by atoms with Crippen molar-refractivity contribution >= 4 is 29.1 Å². The summed E-state index contributed by atoms with van der Waals surface area (Å²) in [7, 11) is 0. The molecule has 1 saturated carbocycles. The number of fused-ring (bicyclic) bond motifs is 1. The van der Waals surface area contributed by atoms with Crippen LogP contribution in [-0.4, -0.2) is 35.5 Å². The van der Waals surface area contributed by atoms with E-state index in [-0.39, 0.29) is 17.2 Å². The van der Waals surface area contributed by atoms with Crippen LogP contribution in [0.1, 0.15) is 41.6 Å². The minimum Gasteiger partial charge on any atom is -0.362 e. The third-order valence-corrected chi connectivity index (χ3v) is 6.61. The van der Waals surface area contributed by atoms with Gasteiger partial charge in [-0.25, -0.2) is 0 Å². The number of carbonyl (C=O) groups excluding carboxylic acids is 2. The van der Waals surface area contributed by atoms with E-state index in [1.54, 1.807) is 0 Å². The summed E-state index contributed by atoms with van der Waals surface area (Å²) < 4.78 is 0. The molecule has 144 valence electrons. The zero-order valence-corrected chi connectivity index (χ0v) is 16.3. The number of amides is 2. The van der Waals surface area contributed by atoms with E-state index in [2.05, 4.69) is 10.6 Å². The van der Waals surface area contributed by atoms with Gasteiger partial charge in [-0.2, -0.15) is 0 Å². The second kappa shape index (κ2) is 6.24. The molecule has 0 atom stereocenters. The van der Waals surface area contributed by atoms with Crippen LogP contribution < -0.4 is 10.6 Å². The highest BCUT2D eigenvalue weighted by molar-refractivity contribution is 6.30. The average Bonchev–Trinajstić information content (AvgIpc) is 3.51. The van der Waals surface area contributed by atoms with Crippen molar-refractivity contribution in [2.45, 2.75) is 36.8 Å². The van der Waals surface area contributed by atoms with Gasteiger partial charge in [0.15, 0.2) is 0 Å². The molecule has 0 radical (unpaired) electrons. The third-order valence-electron chi connectivity index (χ3n) is 6.36. The molecule has 1 spiro atoms. The Hall–Kier alpha value is -2.53. The highest BCUT2D eigenvalue weighted by Crippen LogP contribution is 2.50. The summed E-state index contributed by atoms with van der Waals surface area (Å²) in [5.41, 5.74) is 1.74. The first-order valence-electron chi connectivity index (χ1n) is 9.77. The van der Waals surface area contributed by atoms with Crippen molar-refractivity contribution in [1.82, 2.24) is 10.2 Å². The molecular formula is C22H22ClN3O2. The Bertz CT molecular complexity index is 945. The molecule has 5 nitrogen and oxygen atoms in total. The Balaban J connectivity index is 1.31. The predicted molar refractivity (Wildman–Crippen MR) is 108 cm³/mol. The number of nitrogens with one attached hydrogen (secondary N) is 2. The van der Waals surface area contributed by atoms with E-state index in [9.17, 15) is 9.59 Å². The van der Waals surface area contributed by atoms with Gasteiger partial charge in [-0.15, -0.1) is 0 Å². The number of benzene rings is 2. The maximum Gasteiger partial charge on any atom is 0.255 e. The Morgan fingerprint density at radius 1 is 0.929 bits per heavy atom. The van der Waals surface area contributed by atoms with Gasteiger partial charge in [-0.05, 0) is 42.7 Å². The summed E-state index contributed by atoms with van der Waals surface area (Å²) in [6.07, 6.45) is 3.15. The minimum atomic E-state index is -0.473. The molecule has 2 aliphatic heterocycles. The molecule has 0 aromatic heterocycles. The van der Waals surface area contributed by atoms with Crippen molar-refractivity contribution in [3.05, 3.63) is 64.7 Å². The molecule has 6 heteroatoms. The SMILES string of the molecule is O=C1NC2(CCN(C(=O)C3(c4ccc(Cl)cc4)CC3)CC2)Nc2ccccc21. The van der Waals surface area contributed by atoms with Crippen molar-refractivity contribution in [2.75, 3.05) is 18.4 Å². The van der Waals surface area contributed by atoms with Crippen molar-refractivity contribution in [1.29, 1.82) is 0 Å². The lowest BCUT2D eigenvalue weighted by atomic mass is 9.89. The van der Waals surface area contributed by atoms with Gasteiger partial charge in [0.25, 0.3) is 5.91 Å². The molecule has 0 bridgehead atoms. The Morgan fingerprint density at radius 2 is 1.61 bits per heavy atom. The number of hydrogen-bond donors (Lipinski definition) is 2. The summed E-state index contributed by atoms with van der Waals surface area (Å²) >= 11 is 6.00. The average molecular weight is 396 g/mol. The Labute approximate surface area is 169 Å². The fraction of sp³-hybridized carbons (Fsp3) is 0.364. The molecule has 2 N–H and O–H groups in total. The number of hydrogen-bond acceptors (Lipinski definition) is 3. The first-order valence-corrected chi connectivity index (χ1v) is 10.1. The van der Waals surface area contributed by atoms with Gasteiger partial charge in [0.05, 0.1) is 11.0 Å². The van der Waals surface area contributed by atoms with E-state index in [0.29, 0.717) is 36.5 Å². The molecule has 2 fully saturated rings. The summed E-state index contributed by atoms with van der Waals surface area (Å²) in [6, 6.07) is 15.2. The van der Waals surface area contributed by atoms with E-state index in [1.807, 2.05) is 53.4 Å². The molecule has 2 aromatic carbocycles. The van der Waals surface area contributed by atoms with E-state index in [4.69, 9.17) is 11.6 Å². The fourth-order valence-electron chi connectivity index (χ4n) is 4.53. The van der Waals surface area contributed by atoms with E-state index in [1.165, 1.54) is 0 Å². The van der Waals surface area contributed by atoms with Gasteiger partial charge in [0, 0.05) is 36.6 Å². The minimum absolute atomic E-state index is 0.0473. The van der Waals surface area contributed by atoms with Gasteiger partial charge < -0.3 is 15.5 Å². The van der Waals surface area contributed by atoms with Crippen LogP contribution in [0.5, 0.6) is 0 Å². The smallest absolute Gasteiger partial charge is 0.255 e. The van der Waals surface area contributed by atoms with Gasteiger partial charge in [-0.1, -0.05) is 35.9 Å². The van der Waals surface area contributed by atoms with Gasteiger partial charge in [-0.3, -0.25) is 9.59 Å². The molecule has 1 aliphatic carbocycles. The van der Waals surface area contributed by atoms with Crippen LogP contribution in [-0.2, 0) is 10.2 Å². The molecule has 2 heterocycles. The number of rotatable bonds is 2. The van der Waals surface area contributed by atoms with Crippen LogP contribution in [0.25, 0.3) is 0 Å². The number of anilines is 1. The molecule has 0 unspecified atom stereocenters. The van der Waals surface area contributed by atoms with E-state index >= 15 is 0 Å². The van der Waals surface area contributed by atoms with E-state index in [0.717, 1.165) is 24.1 Å². The number of likely N-dealkylation sites (tertiary alicyclic amines) is 1. The molecule has 2 amide bonds. The number of piperidine rings is 1. The molecule has 28 heavy (non-hydrogen) atoms. The molecule has 1 saturated heterocycles. The zero-order chi connectivity index (χ0) is 19.4. The van der Waals surface area contributed by atoms with Crippen molar-refractivity contribution < 1.29 is 9.59 Å². The number of carbonyl (C=O) groups is 2. The molecule has 2 aromatic rings. The quantitative estimate of drug-likeness (QED) is 0.817. The third kappa shape index (κ3) is 2.76. The van der Waals surface area contributed by atoms with E-state index < -0.39 is 5.66 Å². The van der Waals surface area contributed by atoms with Crippen LogP contribution >= 0.6 is 11.6 Å². The number of nitrogens with zero attached hydrogens (tertiary/aromatic N) is 1. The highest BCUT2D eigenvalue weighted by Gasteiger charge is 2.54. The van der Waals surface area contributed by atoms with Gasteiger partial charge >= 0.3 is 0 Å². The summed E-state index contributed by atoms with van der Waals surface area (Å²) in [5.74, 6) is 0.154.